The first kappa shape index (κ1) is 16.4. The molecule has 0 aliphatic carbocycles. The normalized spacial score (nSPS) is 10.1. The molecule has 0 aliphatic rings. The summed E-state index contributed by atoms with van der Waals surface area (Å²) in [6, 6.07) is 7.58. The van der Waals surface area contributed by atoms with Gasteiger partial charge in [-0.15, -0.1) is 0 Å². The van der Waals surface area contributed by atoms with E-state index < -0.39 is 0 Å². The van der Waals surface area contributed by atoms with Crippen molar-refractivity contribution in [3.05, 3.63) is 29.8 Å². The Morgan fingerprint density at radius 2 is 2.05 bits per heavy atom. The molecule has 0 fully saturated rings. The van der Waals surface area contributed by atoms with Crippen molar-refractivity contribution >= 4 is 23.1 Å². The number of carbonyl (C=O) groups excluding carboxylic acids is 1. The molecule has 1 amide bonds. The standard InChI is InChI=1S/C14H20N2O3S/c1-18-10-14(17)16(8-7-13(15)20)9-11-5-3-4-6-12(11)19-2/h3-6H,7-10H2,1-2H3,(H2,15,20). The van der Waals surface area contributed by atoms with Gasteiger partial charge in [-0.3, -0.25) is 4.79 Å². The van der Waals surface area contributed by atoms with Gasteiger partial charge in [-0.25, -0.2) is 0 Å². The van der Waals surface area contributed by atoms with Crippen LogP contribution in [-0.2, 0) is 16.1 Å². The summed E-state index contributed by atoms with van der Waals surface area (Å²) in [6.07, 6.45) is 0.486. The number of carbonyl (C=O) groups is 1. The lowest BCUT2D eigenvalue weighted by Gasteiger charge is -2.23. The van der Waals surface area contributed by atoms with Gasteiger partial charge >= 0.3 is 0 Å². The lowest BCUT2D eigenvalue weighted by molar-refractivity contribution is -0.135. The van der Waals surface area contributed by atoms with Crippen molar-refractivity contribution in [2.24, 2.45) is 5.73 Å². The van der Waals surface area contributed by atoms with Crippen LogP contribution in [0.2, 0.25) is 0 Å². The zero-order chi connectivity index (χ0) is 15.0. The molecule has 0 saturated heterocycles. The molecule has 110 valence electrons. The molecule has 5 nitrogen and oxygen atoms in total. The minimum absolute atomic E-state index is 0.0342. The number of methoxy groups -OCH3 is 2. The molecule has 0 aliphatic heterocycles. The van der Waals surface area contributed by atoms with E-state index in [1.54, 1.807) is 12.0 Å². The van der Waals surface area contributed by atoms with E-state index in [0.29, 0.717) is 24.5 Å². The highest BCUT2D eigenvalue weighted by atomic mass is 32.1. The van der Waals surface area contributed by atoms with Crippen LogP contribution in [0.25, 0.3) is 0 Å². The predicted octanol–water partition coefficient (Wildman–Crippen LogP) is 1.35. The first-order valence-corrected chi connectivity index (χ1v) is 6.66. The second-order valence-corrected chi connectivity index (χ2v) is 4.80. The van der Waals surface area contributed by atoms with E-state index in [0.717, 1.165) is 11.3 Å². The molecule has 0 atom stereocenters. The lowest BCUT2D eigenvalue weighted by atomic mass is 10.2. The van der Waals surface area contributed by atoms with Crippen LogP contribution in [0.4, 0.5) is 0 Å². The summed E-state index contributed by atoms with van der Waals surface area (Å²) in [5, 5.41) is 0. The fraction of sp³-hybridized carbons (Fsp3) is 0.429. The Balaban J connectivity index is 2.81. The molecular weight excluding hydrogens is 276 g/mol. The number of hydrogen-bond donors (Lipinski definition) is 1. The Morgan fingerprint density at radius 3 is 2.65 bits per heavy atom. The minimum Gasteiger partial charge on any atom is -0.496 e. The monoisotopic (exact) mass is 296 g/mol. The molecule has 1 rings (SSSR count). The van der Waals surface area contributed by atoms with E-state index in [-0.39, 0.29) is 12.5 Å². The van der Waals surface area contributed by atoms with Crippen LogP contribution in [0.3, 0.4) is 0 Å². The third-order valence-corrected chi connectivity index (χ3v) is 3.01. The maximum Gasteiger partial charge on any atom is 0.248 e. The van der Waals surface area contributed by atoms with E-state index in [4.69, 9.17) is 27.4 Å². The quantitative estimate of drug-likeness (QED) is 0.734. The zero-order valence-electron chi connectivity index (χ0n) is 11.8. The smallest absolute Gasteiger partial charge is 0.248 e. The number of benzene rings is 1. The largest absolute Gasteiger partial charge is 0.496 e. The fourth-order valence-electron chi connectivity index (χ4n) is 1.79. The Kier molecular flexibility index (Phi) is 6.97. The lowest BCUT2D eigenvalue weighted by Crippen LogP contribution is -2.35. The summed E-state index contributed by atoms with van der Waals surface area (Å²) in [5.74, 6) is 0.646. The highest BCUT2D eigenvalue weighted by molar-refractivity contribution is 7.80. The van der Waals surface area contributed by atoms with Gasteiger partial charge in [0.25, 0.3) is 0 Å². The number of amides is 1. The van der Waals surface area contributed by atoms with Crippen LogP contribution in [0.1, 0.15) is 12.0 Å². The minimum atomic E-state index is -0.102. The van der Waals surface area contributed by atoms with E-state index in [2.05, 4.69) is 0 Å². The predicted molar refractivity (Wildman–Crippen MR) is 81.7 cm³/mol. The van der Waals surface area contributed by atoms with E-state index in [1.807, 2.05) is 24.3 Å². The van der Waals surface area contributed by atoms with Gasteiger partial charge in [0.05, 0.1) is 12.1 Å². The fourth-order valence-corrected chi connectivity index (χ4v) is 1.88. The van der Waals surface area contributed by atoms with Crippen molar-refractivity contribution in [1.29, 1.82) is 0 Å². The van der Waals surface area contributed by atoms with Crippen LogP contribution < -0.4 is 10.5 Å². The van der Waals surface area contributed by atoms with Gasteiger partial charge < -0.3 is 20.1 Å². The van der Waals surface area contributed by atoms with E-state index >= 15 is 0 Å². The number of nitrogens with two attached hydrogens (primary N) is 1. The maximum absolute atomic E-state index is 12.0. The molecule has 0 radical (unpaired) electrons. The summed E-state index contributed by atoms with van der Waals surface area (Å²) < 4.78 is 10.2. The number of nitrogens with zero attached hydrogens (tertiary/aromatic N) is 1. The molecule has 0 bridgehead atoms. The van der Waals surface area contributed by atoms with Crippen molar-refractivity contribution in [2.45, 2.75) is 13.0 Å². The number of ether oxygens (including phenoxy) is 2. The average molecular weight is 296 g/mol. The van der Waals surface area contributed by atoms with Crippen LogP contribution in [-0.4, -0.2) is 43.2 Å². The number of para-hydroxylation sites is 1. The van der Waals surface area contributed by atoms with Crippen molar-refractivity contribution in [1.82, 2.24) is 4.90 Å². The highest BCUT2D eigenvalue weighted by Gasteiger charge is 2.15. The molecular formula is C14H20N2O3S. The summed E-state index contributed by atoms with van der Waals surface area (Å²) in [4.78, 5) is 14.1. The van der Waals surface area contributed by atoms with Crippen molar-refractivity contribution in [2.75, 3.05) is 27.4 Å². The second-order valence-electron chi connectivity index (χ2n) is 4.28. The average Bonchev–Trinajstić information content (AvgIpc) is 2.43. The van der Waals surface area contributed by atoms with Crippen LogP contribution in [0.5, 0.6) is 5.75 Å². The topological polar surface area (TPSA) is 64.8 Å². The number of thiocarbonyl (C=S) groups is 1. The SMILES string of the molecule is COCC(=O)N(CCC(N)=S)Cc1ccccc1OC. The first-order valence-electron chi connectivity index (χ1n) is 6.25. The van der Waals surface area contributed by atoms with Gasteiger partial charge in [-0.05, 0) is 6.07 Å². The zero-order valence-corrected chi connectivity index (χ0v) is 12.6. The van der Waals surface area contributed by atoms with Gasteiger partial charge in [-0.1, -0.05) is 30.4 Å². The van der Waals surface area contributed by atoms with Gasteiger partial charge in [0, 0.05) is 32.2 Å². The first-order chi connectivity index (χ1) is 9.58. The summed E-state index contributed by atoms with van der Waals surface area (Å²) in [7, 11) is 3.10. The van der Waals surface area contributed by atoms with Crippen LogP contribution >= 0.6 is 12.2 Å². The number of rotatable bonds is 8. The summed E-state index contributed by atoms with van der Waals surface area (Å²) in [5.41, 5.74) is 6.43. The Morgan fingerprint density at radius 1 is 1.35 bits per heavy atom. The van der Waals surface area contributed by atoms with Gasteiger partial charge in [0.15, 0.2) is 0 Å². The molecule has 1 aromatic carbocycles. The van der Waals surface area contributed by atoms with Crippen LogP contribution in [0.15, 0.2) is 24.3 Å². The van der Waals surface area contributed by atoms with Crippen molar-refractivity contribution in [3.63, 3.8) is 0 Å². The van der Waals surface area contributed by atoms with Gasteiger partial charge in [0.1, 0.15) is 12.4 Å². The molecule has 0 heterocycles. The Hall–Kier alpha value is -1.66. The second kappa shape index (κ2) is 8.50. The molecule has 1 aromatic rings. The molecule has 0 unspecified atom stereocenters. The van der Waals surface area contributed by atoms with Gasteiger partial charge in [-0.2, -0.15) is 0 Å². The summed E-state index contributed by atoms with van der Waals surface area (Å²) >= 11 is 4.86. The van der Waals surface area contributed by atoms with E-state index in [9.17, 15) is 4.79 Å². The number of hydrogen-bond acceptors (Lipinski definition) is 4. The molecule has 20 heavy (non-hydrogen) atoms. The molecule has 0 aromatic heterocycles. The Labute approximate surface area is 124 Å². The third kappa shape index (κ3) is 5.14. The molecule has 0 spiro atoms. The van der Waals surface area contributed by atoms with Crippen molar-refractivity contribution in [3.8, 4) is 5.75 Å². The highest BCUT2D eigenvalue weighted by Crippen LogP contribution is 2.19. The van der Waals surface area contributed by atoms with Crippen LogP contribution in [0, 0.1) is 0 Å². The third-order valence-electron chi connectivity index (χ3n) is 2.80. The maximum atomic E-state index is 12.0. The van der Waals surface area contributed by atoms with E-state index in [1.165, 1.54) is 7.11 Å². The molecule has 2 N–H and O–H groups in total. The molecule has 0 saturated carbocycles. The van der Waals surface area contributed by atoms with Gasteiger partial charge in [0.2, 0.25) is 5.91 Å². The Bertz CT molecular complexity index is 465. The summed E-state index contributed by atoms with van der Waals surface area (Å²) in [6.45, 7) is 0.941. The molecule has 6 heteroatoms. The van der Waals surface area contributed by atoms with Crippen molar-refractivity contribution < 1.29 is 14.3 Å².